The topological polar surface area (TPSA) is 23.8 Å². The van der Waals surface area contributed by atoms with E-state index in [1.807, 2.05) is 18.2 Å². The van der Waals surface area contributed by atoms with Crippen molar-refractivity contribution in [3.63, 3.8) is 0 Å². The number of thioether (sulfide) groups is 1. The molecule has 0 spiro atoms. The van der Waals surface area contributed by atoms with Gasteiger partial charge in [0.25, 0.3) is 0 Å². The molecule has 0 aliphatic heterocycles. The minimum atomic E-state index is 0.548. The van der Waals surface area contributed by atoms with E-state index in [2.05, 4.69) is 6.92 Å². The maximum Gasteiger partial charge on any atom is 0.101 e. The quantitative estimate of drug-likeness (QED) is 0.569. The molecule has 14 heavy (non-hydrogen) atoms. The molecule has 0 saturated heterocycles. The van der Waals surface area contributed by atoms with Crippen LogP contribution in [0.5, 0.6) is 0 Å². The Bertz CT molecular complexity index is 344. The number of hydrogen-bond donors (Lipinski definition) is 0. The van der Waals surface area contributed by atoms with Gasteiger partial charge in [0.2, 0.25) is 0 Å². The van der Waals surface area contributed by atoms with Gasteiger partial charge in [-0.3, -0.25) is 0 Å². The molecule has 0 heterocycles. The number of unbranched alkanes of at least 4 members (excludes halogenated alkanes) is 1. The first-order valence-corrected chi connectivity index (χ1v) is 5.96. The molecule has 1 aromatic rings. The van der Waals surface area contributed by atoms with Crippen LogP contribution in [-0.4, -0.2) is 5.75 Å². The second-order valence-electron chi connectivity index (χ2n) is 2.96. The second-order valence-corrected chi connectivity index (χ2v) is 4.53. The highest BCUT2D eigenvalue weighted by molar-refractivity contribution is 7.99. The SMILES string of the molecule is CCCCSc1ccc(C#N)c(Cl)c1. The fourth-order valence-corrected chi connectivity index (χ4v) is 2.33. The van der Waals surface area contributed by atoms with Gasteiger partial charge in [0.05, 0.1) is 10.6 Å². The van der Waals surface area contributed by atoms with E-state index in [0.29, 0.717) is 10.6 Å². The van der Waals surface area contributed by atoms with Gasteiger partial charge in [-0.2, -0.15) is 5.26 Å². The molecule has 1 nitrogen and oxygen atoms in total. The van der Waals surface area contributed by atoms with Gasteiger partial charge in [-0.25, -0.2) is 0 Å². The van der Waals surface area contributed by atoms with Crippen molar-refractivity contribution in [1.29, 1.82) is 5.26 Å². The fourth-order valence-electron chi connectivity index (χ4n) is 1.01. The maximum absolute atomic E-state index is 8.68. The van der Waals surface area contributed by atoms with Gasteiger partial charge in [0.1, 0.15) is 6.07 Å². The Hall–Kier alpha value is -0.650. The van der Waals surface area contributed by atoms with Crippen LogP contribution in [0.3, 0.4) is 0 Å². The van der Waals surface area contributed by atoms with Crippen LogP contribution in [-0.2, 0) is 0 Å². The molecule has 0 bridgehead atoms. The summed E-state index contributed by atoms with van der Waals surface area (Å²) in [5.74, 6) is 1.11. The van der Waals surface area contributed by atoms with Crippen molar-refractivity contribution in [2.24, 2.45) is 0 Å². The molecule has 0 aliphatic rings. The lowest BCUT2D eigenvalue weighted by Gasteiger charge is -2.01. The molecule has 1 aromatic carbocycles. The molecule has 0 amide bonds. The predicted molar refractivity (Wildman–Crippen MR) is 61.8 cm³/mol. The first-order valence-electron chi connectivity index (χ1n) is 4.60. The standard InChI is InChI=1S/C11H12ClNS/c1-2-3-6-14-10-5-4-9(8-13)11(12)7-10/h4-5,7H,2-3,6H2,1H3. The van der Waals surface area contributed by atoms with Gasteiger partial charge < -0.3 is 0 Å². The summed E-state index contributed by atoms with van der Waals surface area (Å²) in [6, 6.07) is 7.63. The first kappa shape index (κ1) is 11.4. The lowest BCUT2D eigenvalue weighted by molar-refractivity contribution is 0.896. The predicted octanol–water partition coefficient (Wildman–Crippen LogP) is 4.10. The summed E-state index contributed by atoms with van der Waals surface area (Å²) in [5, 5.41) is 9.23. The van der Waals surface area contributed by atoms with Crippen LogP contribution in [0.4, 0.5) is 0 Å². The zero-order valence-corrected chi connectivity index (χ0v) is 9.66. The van der Waals surface area contributed by atoms with Gasteiger partial charge in [0, 0.05) is 4.90 Å². The molecule has 3 heteroatoms. The zero-order valence-electron chi connectivity index (χ0n) is 8.09. The molecule has 74 valence electrons. The van der Waals surface area contributed by atoms with Crippen LogP contribution in [0.15, 0.2) is 23.1 Å². The van der Waals surface area contributed by atoms with Crippen LogP contribution in [0.25, 0.3) is 0 Å². The minimum absolute atomic E-state index is 0.548. The molecule has 0 N–H and O–H groups in total. The van der Waals surface area contributed by atoms with E-state index in [1.54, 1.807) is 17.8 Å². The molecular weight excluding hydrogens is 214 g/mol. The third kappa shape index (κ3) is 3.25. The average molecular weight is 226 g/mol. The third-order valence-electron chi connectivity index (χ3n) is 1.83. The van der Waals surface area contributed by atoms with Gasteiger partial charge >= 0.3 is 0 Å². The van der Waals surface area contributed by atoms with Gasteiger partial charge in [-0.15, -0.1) is 11.8 Å². The highest BCUT2D eigenvalue weighted by Crippen LogP contribution is 2.25. The number of halogens is 1. The summed E-state index contributed by atoms with van der Waals surface area (Å²) in [6.07, 6.45) is 2.42. The van der Waals surface area contributed by atoms with E-state index < -0.39 is 0 Å². The van der Waals surface area contributed by atoms with E-state index in [4.69, 9.17) is 16.9 Å². The normalized spacial score (nSPS) is 9.79. The average Bonchev–Trinajstić information content (AvgIpc) is 2.18. The molecule has 0 aliphatic carbocycles. The lowest BCUT2D eigenvalue weighted by atomic mass is 10.2. The number of benzene rings is 1. The summed E-state index contributed by atoms with van der Waals surface area (Å²) in [7, 11) is 0. The maximum atomic E-state index is 8.68. The number of rotatable bonds is 4. The molecule has 0 unspecified atom stereocenters. The van der Waals surface area contributed by atoms with E-state index in [-0.39, 0.29) is 0 Å². The van der Waals surface area contributed by atoms with Gasteiger partial charge in [-0.05, 0) is 30.4 Å². The number of hydrogen-bond acceptors (Lipinski definition) is 2. The smallest absolute Gasteiger partial charge is 0.101 e. The highest BCUT2D eigenvalue weighted by atomic mass is 35.5. The fraction of sp³-hybridized carbons (Fsp3) is 0.364. The molecule has 0 fully saturated rings. The third-order valence-corrected chi connectivity index (χ3v) is 3.22. The van der Waals surface area contributed by atoms with Crippen LogP contribution in [0, 0.1) is 11.3 Å². The van der Waals surface area contributed by atoms with Crippen LogP contribution in [0.1, 0.15) is 25.3 Å². The Morgan fingerprint density at radius 1 is 1.50 bits per heavy atom. The monoisotopic (exact) mass is 225 g/mol. The van der Waals surface area contributed by atoms with Gasteiger partial charge in [0.15, 0.2) is 0 Å². The van der Waals surface area contributed by atoms with Gasteiger partial charge in [-0.1, -0.05) is 24.9 Å². The second kappa shape index (κ2) is 5.95. The van der Waals surface area contributed by atoms with Crippen molar-refractivity contribution in [1.82, 2.24) is 0 Å². The van der Waals surface area contributed by atoms with Crippen molar-refractivity contribution in [3.8, 4) is 6.07 Å². The van der Waals surface area contributed by atoms with Crippen molar-refractivity contribution in [3.05, 3.63) is 28.8 Å². The van der Waals surface area contributed by atoms with Crippen LogP contribution < -0.4 is 0 Å². The number of nitrogens with zero attached hydrogens (tertiary/aromatic N) is 1. The van der Waals surface area contributed by atoms with Crippen molar-refractivity contribution in [2.75, 3.05) is 5.75 Å². The lowest BCUT2D eigenvalue weighted by Crippen LogP contribution is -1.81. The Morgan fingerprint density at radius 3 is 2.86 bits per heavy atom. The molecule has 0 radical (unpaired) electrons. The molecule has 0 aromatic heterocycles. The van der Waals surface area contributed by atoms with Crippen molar-refractivity contribution < 1.29 is 0 Å². The zero-order chi connectivity index (χ0) is 10.4. The van der Waals surface area contributed by atoms with E-state index >= 15 is 0 Å². The van der Waals surface area contributed by atoms with E-state index in [1.165, 1.54) is 12.8 Å². The van der Waals surface area contributed by atoms with Crippen LogP contribution >= 0.6 is 23.4 Å². The Kier molecular flexibility index (Phi) is 4.86. The first-order chi connectivity index (χ1) is 6.77. The molecule has 0 saturated carbocycles. The number of nitriles is 1. The molecule has 1 rings (SSSR count). The Balaban J connectivity index is 2.63. The summed E-state index contributed by atoms with van der Waals surface area (Å²) in [5.41, 5.74) is 0.548. The van der Waals surface area contributed by atoms with Crippen molar-refractivity contribution >= 4 is 23.4 Å². The summed E-state index contributed by atoms with van der Waals surface area (Å²) >= 11 is 7.69. The summed E-state index contributed by atoms with van der Waals surface area (Å²) < 4.78 is 0. The highest BCUT2D eigenvalue weighted by Gasteiger charge is 2.00. The largest absolute Gasteiger partial charge is 0.192 e. The van der Waals surface area contributed by atoms with Crippen LogP contribution in [0.2, 0.25) is 5.02 Å². The summed E-state index contributed by atoms with van der Waals surface area (Å²) in [4.78, 5) is 1.14. The van der Waals surface area contributed by atoms with Crippen molar-refractivity contribution in [2.45, 2.75) is 24.7 Å². The summed E-state index contributed by atoms with van der Waals surface area (Å²) in [6.45, 7) is 2.17. The minimum Gasteiger partial charge on any atom is -0.192 e. The Labute approximate surface area is 94.1 Å². The van der Waals surface area contributed by atoms with E-state index in [0.717, 1.165) is 10.6 Å². The van der Waals surface area contributed by atoms with E-state index in [9.17, 15) is 0 Å². The molecular formula is C11H12ClNS. The Morgan fingerprint density at radius 2 is 2.29 bits per heavy atom. The molecule has 0 atom stereocenters.